The number of rotatable bonds is 2. The molecule has 0 rings (SSSR count). The minimum absolute atomic E-state index is 1.03. The van der Waals surface area contributed by atoms with Crippen LogP contribution in [0.25, 0.3) is 0 Å². The van der Waals surface area contributed by atoms with Crippen molar-refractivity contribution in [2.75, 3.05) is 14.1 Å². The van der Waals surface area contributed by atoms with Gasteiger partial charge in [-0.2, -0.15) is 5.10 Å². The van der Waals surface area contributed by atoms with Gasteiger partial charge in [-0.3, -0.25) is 0 Å². The maximum Gasteiger partial charge on any atom is 0.0571 e. The summed E-state index contributed by atoms with van der Waals surface area (Å²) in [6.07, 6.45) is 3.95. The molecule has 0 unspecified atom stereocenters. The quantitative estimate of drug-likeness (QED) is 0.443. The third-order valence-electron chi connectivity index (χ3n) is 0.766. The average Bonchev–Trinajstić information content (AvgIpc) is 1.91. The summed E-state index contributed by atoms with van der Waals surface area (Å²) in [7, 11) is 3.82. The first-order chi connectivity index (χ1) is 5.16. The molecule has 0 saturated heterocycles. The van der Waals surface area contributed by atoms with Crippen LogP contribution >= 0.6 is 0 Å². The average molecular weight is 156 g/mol. The van der Waals surface area contributed by atoms with Crippen LogP contribution in [0.15, 0.2) is 17.3 Å². The lowest BCUT2D eigenvalue weighted by molar-refractivity contribution is 0.438. The van der Waals surface area contributed by atoms with Gasteiger partial charge in [0.2, 0.25) is 0 Å². The van der Waals surface area contributed by atoms with E-state index in [9.17, 15) is 0 Å². The van der Waals surface area contributed by atoms with Crippen molar-refractivity contribution in [2.45, 2.75) is 27.7 Å². The lowest BCUT2D eigenvalue weighted by Gasteiger charge is -2.03. The molecule has 0 saturated carbocycles. The van der Waals surface area contributed by atoms with Crippen LogP contribution in [0.1, 0.15) is 27.7 Å². The topological polar surface area (TPSA) is 15.6 Å². The number of allylic oxidation sites excluding steroid dienone is 2. The Kier molecular flexibility index (Phi) is 10.8. The maximum absolute atomic E-state index is 4.13. The first-order valence-corrected chi connectivity index (χ1v) is 4.02. The third-order valence-corrected chi connectivity index (χ3v) is 0.766. The van der Waals surface area contributed by atoms with Crippen LogP contribution in [0.2, 0.25) is 0 Å². The molecule has 66 valence electrons. The Bertz CT molecular complexity index is 124. The molecule has 2 nitrogen and oxygen atoms in total. The van der Waals surface area contributed by atoms with Crippen LogP contribution in [-0.4, -0.2) is 24.8 Å². The number of hydrogen-bond donors (Lipinski definition) is 0. The zero-order valence-corrected chi connectivity index (χ0v) is 8.55. The summed E-state index contributed by atoms with van der Waals surface area (Å²) in [5, 5.41) is 5.92. The van der Waals surface area contributed by atoms with E-state index >= 15 is 0 Å². The van der Waals surface area contributed by atoms with E-state index in [1.807, 2.05) is 53.9 Å². The molecule has 0 bridgehead atoms. The van der Waals surface area contributed by atoms with Gasteiger partial charge in [-0.05, 0) is 19.9 Å². The summed E-state index contributed by atoms with van der Waals surface area (Å²) < 4.78 is 0. The maximum atomic E-state index is 4.13. The molecular formula is C9H20N2. The van der Waals surface area contributed by atoms with Crippen molar-refractivity contribution < 1.29 is 0 Å². The van der Waals surface area contributed by atoms with E-state index in [1.165, 1.54) is 0 Å². The fraction of sp³-hybridized carbons (Fsp3) is 0.667. The molecule has 0 radical (unpaired) electrons. The predicted molar refractivity (Wildman–Crippen MR) is 53.0 cm³/mol. The van der Waals surface area contributed by atoms with E-state index in [0.717, 1.165) is 5.71 Å². The minimum Gasteiger partial charge on any atom is -0.303 e. The van der Waals surface area contributed by atoms with Gasteiger partial charge in [0.05, 0.1) is 5.71 Å². The zero-order chi connectivity index (χ0) is 9.28. The van der Waals surface area contributed by atoms with E-state index in [-0.39, 0.29) is 0 Å². The van der Waals surface area contributed by atoms with Crippen LogP contribution in [-0.2, 0) is 0 Å². The molecule has 0 amide bonds. The molecule has 0 N–H and O–H groups in total. The van der Waals surface area contributed by atoms with Gasteiger partial charge in [0.25, 0.3) is 0 Å². The number of hydrogen-bond acceptors (Lipinski definition) is 2. The number of nitrogens with zero attached hydrogens (tertiary/aromatic N) is 2. The number of hydrazone groups is 1. The van der Waals surface area contributed by atoms with Crippen molar-refractivity contribution in [3.8, 4) is 0 Å². The Labute approximate surface area is 70.6 Å². The highest BCUT2D eigenvalue weighted by Crippen LogP contribution is 1.82. The van der Waals surface area contributed by atoms with Gasteiger partial charge >= 0.3 is 0 Å². The lowest BCUT2D eigenvalue weighted by atomic mass is 10.4. The van der Waals surface area contributed by atoms with Gasteiger partial charge in [0, 0.05) is 14.1 Å². The van der Waals surface area contributed by atoms with Crippen molar-refractivity contribution in [1.82, 2.24) is 5.01 Å². The summed E-state index contributed by atoms with van der Waals surface area (Å²) >= 11 is 0. The van der Waals surface area contributed by atoms with Gasteiger partial charge in [-0.25, -0.2) is 0 Å². The molecule has 11 heavy (non-hydrogen) atoms. The minimum atomic E-state index is 1.03. The normalized spacial score (nSPS) is 10.9. The monoisotopic (exact) mass is 156 g/mol. The van der Waals surface area contributed by atoms with Gasteiger partial charge in [0.15, 0.2) is 0 Å². The zero-order valence-electron chi connectivity index (χ0n) is 8.55. The Morgan fingerprint density at radius 1 is 1.27 bits per heavy atom. The Morgan fingerprint density at radius 3 is 2.00 bits per heavy atom. The Hall–Kier alpha value is -0.790. The van der Waals surface area contributed by atoms with Crippen LogP contribution in [0.3, 0.4) is 0 Å². The summed E-state index contributed by atoms with van der Waals surface area (Å²) in [6.45, 7) is 7.95. The molecule has 0 heterocycles. The fourth-order valence-electron chi connectivity index (χ4n) is 0.590. The summed E-state index contributed by atoms with van der Waals surface area (Å²) in [4.78, 5) is 0. The summed E-state index contributed by atoms with van der Waals surface area (Å²) in [5.74, 6) is 0. The Morgan fingerprint density at radius 2 is 1.73 bits per heavy atom. The van der Waals surface area contributed by atoms with Crippen molar-refractivity contribution >= 4 is 5.71 Å². The molecular weight excluding hydrogens is 136 g/mol. The van der Waals surface area contributed by atoms with Crippen LogP contribution in [0, 0.1) is 0 Å². The van der Waals surface area contributed by atoms with Crippen molar-refractivity contribution in [1.29, 1.82) is 0 Å². The molecule has 0 spiro atoms. The molecule has 0 aliphatic rings. The summed E-state index contributed by atoms with van der Waals surface area (Å²) in [5.41, 5.74) is 1.03. The standard InChI is InChI=1S/C7H14N2.C2H6/c1-5-6-7(2)8-9(3)4;1-2/h5-6H,1-4H3;1-2H3/b6-5-,8-7+;. The Balaban J connectivity index is 0. The predicted octanol–water partition coefficient (Wildman–Crippen LogP) is 2.53. The smallest absolute Gasteiger partial charge is 0.0571 e. The van der Waals surface area contributed by atoms with E-state index < -0.39 is 0 Å². The van der Waals surface area contributed by atoms with E-state index in [2.05, 4.69) is 5.10 Å². The second kappa shape index (κ2) is 9.21. The molecule has 0 atom stereocenters. The van der Waals surface area contributed by atoms with Crippen molar-refractivity contribution in [3.05, 3.63) is 12.2 Å². The highest BCUT2D eigenvalue weighted by atomic mass is 15.4. The molecule has 2 heteroatoms. The van der Waals surface area contributed by atoms with Gasteiger partial charge in [-0.1, -0.05) is 19.9 Å². The second-order valence-electron chi connectivity index (χ2n) is 2.09. The molecule has 0 aromatic rings. The van der Waals surface area contributed by atoms with Crippen LogP contribution < -0.4 is 0 Å². The second-order valence-corrected chi connectivity index (χ2v) is 2.09. The van der Waals surface area contributed by atoms with E-state index in [4.69, 9.17) is 0 Å². The van der Waals surface area contributed by atoms with Crippen molar-refractivity contribution in [2.24, 2.45) is 5.10 Å². The largest absolute Gasteiger partial charge is 0.303 e. The SMILES string of the molecule is C/C=C\C(C)=N\N(C)C.CC. The summed E-state index contributed by atoms with van der Waals surface area (Å²) in [6, 6.07) is 0. The third kappa shape index (κ3) is 12.4. The van der Waals surface area contributed by atoms with Gasteiger partial charge in [0.1, 0.15) is 0 Å². The van der Waals surface area contributed by atoms with E-state index in [0.29, 0.717) is 0 Å². The van der Waals surface area contributed by atoms with E-state index in [1.54, 1.807) is 5.01 Å². The van der Waals surface area contributed by atoms with Gasteiger partial charge in [-0.15, -0.1) is 0 Å². The lowest BCUT2D eigenvalue weighted by Crippen LogP contribution is -2.04. The fourth-order valence-corrected chi connectivity index (χ4v) is 0.590. The molecule has 0 aliphatic carbocycles. The van der Waals surface area contributed by atoms with Crippen LogP contribution in [0.4, 0.5) is 0 Å². The van der Waals surface area contributed by atoms with Gasteiger partial charge < -0.3 is 5.01 Å². The molecule has 0 fully saturated rings. The van der Waals surface area contributed by atoms with Crippen molar-refractivity contribution in [3.63, 3.8) is 0 Å². The molecule has 0 aromatic heterocycles. The molecule has 0 aliphatic heterocycles. The first-order valence-electron chi connectivity index (χ1n) is 4.02. The first kappa shape index (κ1) is 12.8. The van der Waals surface area contributed by atoms with Crippen LogP contribution in [0.5, 0.6) is 0 Å². The molecule has 0 aromatic carbocycles. The highest BCUT2D eigenvalue weighted by molar-refractivity contribution is 5.92. The highest BCUT2D eigenvalue weighted by Gasteiger charge is 1.81.